The maximum absolute atomic E-state index is 13.3. The zero-order valence-electron chi connectivity index (χ0n) is 13.6. The van der Waals surface area contributed by atoms with Crippen molar-refractivity contribution in [3.05, 3.63) is 69.2 Å². The monoisotopic (exact) mass is 389 g/mol. The van der Waals surface area contributed by atoms with E-state index in [4.69, 9.17) is 28.0 Å². The quantitative estimate of drug-likeness (QED) is 0.417. The Hall–Kier alpha value is -1.72. The molecule has 0 amide bonds. The topological polar surface area (TPSA) is 21.6 Å². The predicted molar refractivity (Wildman–Crippen MR) is 94.1 cm³/mol. The molecule has 0 aromatic heterocycles. The Balaban J connectivity index is 2.31. The Morgan fingerprint density at radius 2 is 1.64 bits per heavy atom. The molecule has 0 unspecified atom stereocenters. The molecule has 25 heavy (non-hydrogen) atoms. The highest BCUT2D eigenvalue weighted by Crippen LogP contribution is 2.34. The van der Waals surface area contributed by atoms with Crippen LogP contribution in [0.1, 0.15) is 30.5 Å². The first kappa shape index (κ1) is 19.6. The van der Waals surface area contributed by atoms with Crippen LogP contribution in [0.3, 0.4) is 0 Å². The molecule has 0 heterocycles. The van der Waals surface area contributed by atoms with E-state index in [2.05, 4.69) is 5.16 Å². The average Bonchev–Trinajstić information content (AvgIpc) is 2.51. The van der Waals surface area contributed by atoms with Gasteiger partial charge >= 0.3 is 6.18 Å². The van der Waals surface area contributed by atoms with E-state index in [1.165, 1.54) is 12.1 Å². The molecule has 0 N–H and O–H groups in total. The summed E-state index contributed by atoms with van der Waals surface area (Å²) in [4.78, 5) is 5.28. The Morgan fingerprint density at radius 3 is 2.20 bits per heavy atom. The van der Waals surface area contributed by atoms with Gasteiger partial charge in [0.05, 0.1) is 11.3 Å². The number of benzene rings is 2. The van der Waals surface area contributed by atoms with Crippen LogP contribution in [-0.2, 0) is 17.6 Å². The molecule has 0 aliphatic heterocycles. The first-order valence-electron chi connectivity index (χ1n) is 7.50. The standard InChI is InChI=1S/C18H16Cl2F3NO/c1-11(2)17(24-25-10-12-3-5-13(19)6-4-12)15-9-14(20)7-8-16(15)18(21,22)23/h3-9,11H,10H2,1-2H3/b24-17+. The highest BCUT2D eigenvalue weighted by molar-refractivity contribution is 6.31. The Bertz CT molecular complexity index is 756. The van der Waals surface area contributed by atoms with Gasteiger partial charge in [0.2, 0.25) is 0 Å². The van der Waals surface area contributed by atoms with Crippen LogP contribution >= 0.6 is 23.2 Å². The van der Waals surface area contributed by atoms with Gasteiger partial charge in [-0.25, -0.2) is 0 Å². The van der Waals surface area contributed by atoms with Gasteiger partial charge in [0.1, 0.15) is 6.61 Å². The molecule has 0 bridgehead atoms. The minimum Gasteiger partial charge on any atom is -0.391 e. The van der Waals surface area contributed by atoms with Crippen molar-refractivity contribution in [1.29, 1.82) is 0 Å². The van der Waals surface area contributed by atoms with Gasteiger partial charge in [-0.05, 0) is 41.8 Å². The van der Waals surface area contributed by atoms with E-state index in [9.17, 15) is 13.2 Å². The highest BCUT2D eigenvalue weighted by atomic mass is 35.5. The lowest BCUT2D eigenvalue weighted by Gasteiger charge is -2.17. The summed E-state index contributed by atoms with van der Waals surface area (Å²) >= 11 is 11.7. The zero-order chi connectivity index (χ0) is 18.6. The van der Waals surface area contributed by atoms with Gasteiger partial charge in [-0.15, -0.1) is 0 Å². The van der Waals surface area contributed by atoms with E-state index < -0.39 is 11.7 Å². The van der Waals surface area contributed by atoms with Crippen molar-refractivity contribution < 1.29 is 18.0 Å². The van der Waals surface area contributed by atoms with Gasteiger partial charge in [-0.3, -0.25) is 0 Å². The Morgan fingerprint density at radius 1 is 1.04 bits per heavy atom. The van der Waals surface area contributed by atoms with Crippen LogP contribution in [0.15, 0.2) is 47.6 Å². The van der Waals surface area contributed by atoms with Crippen LogP contribution in [0.5, 0.6) is 0 Å². The van der Waals surface area contributed by atoms with E-state index in [0.29, 0.717) is 5.02 Å². The minimum absolute atomic E-state index is 0.0777. The number of alkyl halides is 3. The molecule has 2 aromatic rings. The maximum atomic E-state index is 13.3. The zero-order valence-corrected chi connectivity index (χ0v) is 15.1. The molecule has 7 heteroatoms. The van der Waals surface area contributed by atoms with Crippen molar-refractivity contribution in [3.8, 4) is 0 Å². The smallest absolute Gasteiger partial charge is 0.391 e. The van der Waals surface area contributed by atoms with E-state index in [0.717, 1.165) is 11.6 Å². The number of hydrogen-bond donors (Lipinski definition) is 0. The van der Waals surface area contributed by atoms with Crippen LogP contribution in [0.2, 0.25) is 10.0 Å². The average molecular weight is 390 g/mol. The van der Waals surface area contributed by atoms with Gasteiger partial charge in [-0.2, -0.15) is 13.2 Å². The summed E-state index contributed by atoms with van der Waals surface area (Å²) in [6, 6.07) is 10.3. The summed E-state index contributed by atoms with van der Waals surface area (Å²) in [5.41, 5.74) is 0.118. The molecule has 134 valence electrons. The summed E-state index contributed by atoms with van der Waals surface area (Å²) < 4.78 is 39.8. The van der Waals surface area contributed by atoms with Crippen molar-refractivity contribution >= 4 is 28.9 Å². The van der Waals surface area contributed by atoms with Crippen LogP contribution in [-0.4, -0.2) is 5.71 Å². The molecule has 0 atom stereocenters. The summed E-state index contributed by atoms with van der Waals surface area (Å²) in [7, 11) is 0. The molecule has 0 radical (unpaired) electrons. The molecule has 2 aromatic carbocycles. The molecule has 0 aliphatic rings. The third-order valence-electron chi connectivity index (χ3n) is 3.42. The van der Waals surface area contributed by atoms with Crippen LogP contribution in [0.4, 0.5) is 13.2 Å². The SMILES string of the molecule is CC(C)/C(=N\OCc1ccc(Cl)cc1)c1cc(Cl)ccc1C(F)(F)F. The Kier molecular flexibility index (Phi) is 6.36. The molecule has 0 spiro atoms. The van der Waals surface area contributed by atoms with Gasteiger partial charge in [-0.1, -0.05) is 54.3 Å². The third kappa shape index (κ3) is 5.38. The lowest BCUT2D eigenvalue weighted by atomic mass is 9.95. The molecule has 2 rings (SSSR count). The van der Waals surface area contributed by atoms with Crippen LogP contribution in [0, 0.1) is 5.92 Å². The number of nitrogens with zero attached hydrogens (tertiary/aromatic N) is 1. The lowest BCUT2D eigenvalue weighted by molar-refractivity contribution is -0.137. The molecular weight excluding hydrogens is 374 g/mol. The van der Waals surface area contributed by atoms with E-state index in [1.54, 1.807) is 38.1 Å². The molecule has 0 fully saturated rings. The van der Waals surface area contributed by atoms with Gasteiger partial charge < -0.3 is 4.84 Å². The second kappa shape index (κ2) is 8.11. The number of hydrogen-bond acceptors (Lipinski definition) is 2. The molecule has 2 nitrogen and oxygen atoms in total. The van der Waals surface area contributed by atoms with Crippen molar-refractivity contribution in [2.75, 3.05) is 0 Å². The third-order valence-corrected chi connectivity index (χ3v) is 3.90. The minimum atomic E-state index is -4.51. The summed E-state index contributed by atoms with van der Waals surface area (Å²) in [5.74, 6) is -0.287. The van der Waals surface area contributed by atoms with Crippen molar-refractivity contribution in [3.63, 3.8) is 0 Å². The second-order valence-corrected chi connectivity index (χ2v) is 6.59. The number of rotatable bonds is 5. The largest absolute Gasteiger partial charge is 0.417 e. The van der Waals surface area contributed by atoms with E-state index >= 15 is 0 Å². The van der Waals surface area contributed by atoms with Crippen LogP contribution in [0.25, 0.3) is 0 Å². The van der Waals surface area contributed by atoms with Gasteiger partial charge in [0.25, 0.3) is 0 Å². The first-order chi connectivity index (χ1) is 11.7. The van der Waals surface area contributed by atoms with Crippen molar-refractivity contribution in [1.82, 2.24) is 0 Å². The summed E-state index contributed by atoms with van der Waals surface area (Å²) in [6.07, 6.45) is -4.51. The molecule has 0 saturated carbocycles. The van der Waals surface area contributed by atoms with Crippen molar-refractivity contribution in [2.45, 2.75) is 26.6 Å². The Labute approximate surface area is 154 Å². The number of oxime groups is 1. The predicted octanol–water partition coefficient (Wildman–Crippen LogP) is 6.59. The first-order valence-corrected chi connectivity index (χ1v) is 8.25. The van der Waals surface area contributed by atoms with Gasteiger partial charge in [0.15, 0.2) is 0 Å². The number of halogens is 5. The second-order valence-electron chi connectivity index (χ2n) is 5.72. The fourth-order valence-corrected chi connectivity index (χ4v) is 2.50. The molecule has 0 saturated heterocycles. The maximum Gasteiger partial charge on any atom is 0.417 e. The highest BCUT2D eigenvalue weighted by Gasteiger charge is 2.35. The molecular formula is C18H16Cl2F3NO. The van der Waals surface area contributed by atoms with Gasteiger partial charge in [0, 0.05) is 15.6 Å². The lowest BCUT2D eigenvalue weighted by Crippen LogP contribution is -2.18. The van der Waals surface area contributed by atoms with E-state index in [-0.39, 0.29) is 28.8 Å². The normalized spacial score (nSPS) is 12.6. The molecule has 0 aliphatic carbocycles. The fourth-order valence-electron chi connectivity index (χ4n) is 2.20. The summed E-state index contributed by atoms with van der Waals surface area (Å²) in [5, 5.41) is 4.74. The fraction of sp³-hybridized carbons (Fsp3) is 0.278. The van der Waals surface area contributed by atoms with E-state index in [1.807, 2.05) is 0 Å². The summed E-state index contributed by atoms with van der Waals surface area (Å²) in [6.45, 7) is 3.60. The van der Waals surface area contributed by atoms with Crippen molar-refractivity contribution in [2.24, 2.45) is 11.1 Å². The van der Waals surface area contributed by atoms with Crippen LogP contribution < -0.4 is 0 Å².